The summed E-state index contributed by atoms with van der Waals surface area (Å²) >= 11 is 5.86. The predicted octanol–water partition coefficient (Wildman–Crippen LogP) is 6.77. The second-order valence-corrected chi connectivity index (χ2v) is 6.88. The van der Waals surface area contributed by atoms with Crippen LogP contribution >= 0.6 is 11.6 Å². The maximum absolute atomic E-state index is 12.2. The molecule has 0 bridgehead atoms. The molecule has 0 radical (unpaired) electrons. The molecule has 26 heavy (non-hydrogen) atoms. The third kappa shape index (κ3) is 4.64. The zero-order valence-corrected chi connectivity index (χ0v) is 15.5. The number of urea groups is 1. The van der Waals surface area contributed by atoms with Gasteiger partial charge in [0.1, 0.15) is 0 Å². The van der Waals surface area contributed by atoms with E-state index in [4.69, 9.17) is 11.6 Å². The van der Waals surface area contributed by atoms with Crippen LogP contribution in [0.2, 0.25) is 5.02 Å². The highest BCUT2D eigenvalue weighted by atomic mass is 35.5. The molecule has 0 spiro atoms. The molecule has 3 aromatic carbocycles. The van der Waals surface area contributed by atoms with Crippen molar-refractivity contribution in [2.75, 3.05) is 10.6 Å². The summed E-state index contributed by atoms with van der Waals surface area (Å²) < 4.78 is 0. The molecule has 0 aliphatic heterocycles. The van der Waals surface area contributed by atoms with Gasteiger partial charge in [-0.25, -0.2) is 4.79 Å². The lowest BCUT2D eigenvalue weighted by molar-refractivity contribution is 0.262. The summed E-state index contributed by atoms with van der Waals surface area (Å²) in [7, 11) is 0. The van der Waals surface area contributed by atoms with E-state index in [1.807, 2.05) is 24.3 Å². The predicted molar refractivity (Wildman–Crippen MR) is 110 cm³/mol. The molecule has 4 heteroatoms. The van der Waals surface area contributed by atoms with Gasteiger partial charge < -0.3 is 10.6 Å². The van der Waals surface area contributed by atoms with E-state index in [1.54, 1.807) is 24.3 Å². The Morgan fingerprint density at radius 1 is 0.808 bits per heavy atom. The molecule has 0 aromatic heterocycles. The Morgan fingerprint density at radius 3 is 2.12 bits per heavy atom. The summed E-state index contributed by atoms with van der Waals surface area (Å²) in [5.41, 5.74) is 4.92. The molecule has 0 heterocycles. The van der Waals surface area contributed by atoms with E-state index in [0.717, 1.165) is 16.8 Å². The standard InChI is InChI=1S/C22H21ClN2O/c1-15(2)16-5-3-6-17(13-16)18-7-4-8-21(14-18)25-22(26)24-20-11-9-19(23)10-12-20/h3-15H,1-2H3,(H2,24,25,26). The Morgan fingerprint density at radius 2 is 1.42 bits per heavy atom. The van der Waals surface area contributed by atoms with E-state index in [0.29, 0.717) is 16.6 Å². The number of carbonyl (C=O) groups excluding carboxylic acids is 1. The monoisotopic (exact) mass is 364 g/mol. The fourth-order valence-corrected chi connectivity index (χ4v) is 2.81. The fraction of sp³-hybridized carbons (Fsp3) is 0.136. The van der Waals surface area contributed by atoms with Crippen LogP contribution in [0.25, 0.3) is 11.1 Å². The molecule has 0 atom stereocenters. The van der Waals surface area contributed by atoms with Crippen LogP contribution in [0.5, 0.6) is 0 Å². The smallest absolute Gasteiger partial charge is 0.308 e. The number of benzene rings is 3. The first-order chi connectivity index (χ1) is 12.5. The lowest BCUT2D eigenvalue weighted by Crippen LogP contribution is -2.19. The number of rotatable bonds is 4. The minimum Gasteiger partial charge on any atom is -0.308 e. The number of nitrogens with one attached hydrogen (secondary N) is 2. The Bertz CT molecular complexity index is 904. The summed E-state index contributed by atoms with van der Waals surface area (Å²) in [6.45, 7) is 4.36. The largest absolute Gasteiger partial charge is 0.323 e. The van der Waals surface area contributed by atoms with E-state index in [2.05, 4.69) is 48.7 Å². The van der Waals surface area contributed by atoms with Gasteiger partial charge in [0.25, 0.3) is 0 Å². The second-order valence-electron chi connectivity index (χ2n) is 6.45. The Labute approximate surface area is 159 Å². The van der Waals surface area contributed by atoms with Gasteiger partial charge in [0.05, 0.1) is 0 Å². The van der Waals surface area contributed by atoms with E-state index < -0.39 is 0 Å². The summed E-state index contributed by atoms with van der Waals surface area (Å²) in [5, 5.41) is 6.29. The van der Waals surface area contributed by atoms with Gasteiger partial charge in [-0.2, -0.15) is 0 Å². The van der Waals surface area contributed by atoms with Gasteiger partial charge in [-0.1, -0.05) is 61.8 Å². The molecule has 0 aliphatic carbocycles. The van der Waals surface area contributed by atoms with Crippen molar-refractivity contribution in [2.45, 2.75) is 19.8 Å². The van der Waals surface area contributed by atoms with Crippen LogP contribution in [0.4, 0.5) is 16.2 Å². The summed E-state index contributed by atoms with van der Waals surface area (Å²) in [6, 6.07) is 23.0. The second kappa shape index (κ2) is 8.07. The molecular weight excluding hydrogens is 344 g/mol. The molecule has 3 rings (SSSR count). The van der Waals surface area contributed by atoms with Gasteiger partial charge in [-0.15, -0.1) is 0 Å². The van der Waals surface area contributed by atoms with Crippen LogP contribution in [0.3, 0.4) is 0 Å². The molecular formula is C22H21ClN2O. The van der Waals surface area contributed by atoms with Crippen LogP contribution < -0.4 is 10.6 Å². The minimum atomic E-state index is -0.291. The zero-order valence-electron chi connectivity index (χ0n) is 14.8. The van der Waals surface area contributed by atoms with Gasteiger partial charge in [0, 0.05) is 16.4 Å². The van der Waals surface area contributed by atoms with Crippen LogP contribution in [0.1, 0.15) is 25.3 Å². The average molecular weight is 365 g/mol. The number of anilines is 2. The normalized spacial score (nSPS) is 10.6. The quantitative estimate of drug-likeness (QED) is 0.526. The zero-order chi connectivity index (χ0) is 18.5. The first-order valence-corrected chi connectivity index (χ1v) is 8.93. The minimum absolute atomic E-state index is 0.291. The molecule has 3 nitrogen and oxygen atoms in total. The molecule has 132 valence electrons. The van der Waals surface area contributed by atoms with Crippen LogP contribution in [0, 0.1) is 0 Å². The third-order valence-electron chi connectivity index (χ3n) is 4.11. The highest BCUT2D eigenvalue weighted by Crippen LogP contribution is 2.26. The van der Waals surface area contributed by atoms with Crippen molar-refractivity contribution in [3.05, 3.63) is 83.4 Å². The van der Waals surface area contributed by atoms with Gasteiger partial charge >= 0.3 is 6.03 Å². The van der Waals surface area contributed by atoms with E-state index in [-0.39, 0.29) is 6.03 Å². The van der Waals surface area contributed by atoms with Crippen molar-refractivity contribution in [1.82, 2.24) is 0 Å². The van der Waals surface area contributed by atoms with Gasteiger partial charge in [-0.3, -0.25) is 0 Å². The highest BCUT2D eigenvalue weighted by molar-refractivity contribution is 6.30. The van der Waals surface area contributed by atoms with E-state index >= 15 is 0 Å². The summed E-state index contributed by atoms with van der Waals surface area (Å²) in [6.07, 6.45) is 0. The molecule has 2 N–H and O–H groups in total. The topological polar surface area (TPSA) is 41.1 Å². The lowest BCUT2D eigenvalue weighted by atomic mass is 9.97. The average Bonchev–Trinajstić information content (AvgIpc) is 2.64. The summed E-state index contributed by atoms with van der Waals surface area (Å²) in [5.74, 6) is 0.474. The van der Waals surface area contributed by atoms with Crippen LogP contribution in [0.15, 0.2) is 72.8 Å². The molecule has 0 fully saturated rings. The molecule has 0 aliphatic rings. The summed E-state index contributed by atoms with van der Waals surface area (Å²) in [4.78, 5) is 12.2. The molecule has 0 unspecified atom stereocenters. The Hall–Kier alpha value is -2.78. The van der Waals surface area contributed by atoms with Crippen LogP contribution in [-0.4, -0.2) is 6.03 Å². The van der Waals surface area contributed by atoms with Crippen molar-refractivity contribution < 1.29 is 4.79 Å². The van der Waals surface area contributed by atoms with Gasteiger partial charge in [0.15, 0.2) is 0 Å². The maximum Gasteiger partial charge on any atom is 0.323 e. The number of hydrogen-bond donors (Lipinski definition) is 2. The first-order valence-electron chi connectivity index (χ1n) is 8.55. The molecule has 0 saturated heterocycles. The van der Waals surface area contributed by atoms with E-state index in [1.165, 1.54) is 5.56 Å². The third-order valence-corrected chi connectivity index (χ3v) is 4.36. The SMILES string of the molecule is CC(C)c1cccc(-c2cccc(NC(=O)Nc3ccc(Cl)cc3)c2)c1. The van der Waals surface area contributed by atoms with Crippen molar-refractivity contribution in [1.29, 1.82) is 0 Å². The Balaban J connectivity index is 1.74. The van der Waals surface area contributed by atoms with Crippen LogP contribution in [-0.2, 0) is 0 Å². The van der Waals surface area contributed by atoms with Gasteiger partial charge in [0.2, 0.25) is 0 Å². The van der Waals surface area contributed by atoms with Crippen molar-refractivity contribution in [3.63, 3.8) is 0 Å². The maximum atomic E-state index is 12.2. The van der Waals surface area contributed by atoms with Crippen molar-refractivity contribution >= 4 is 29.0 Å². The lowest BCUT2D eigenvalue weighted by Gasteiger charge is -2.11. The number of amides is 2. The van der Waals surface area contributed by atoms with E-state index in [9.17, 15) is 4.79 Å². The van der Waals surface area contributed by atoms with Crippen molar-refractivity contribution in [3.8, 4) is 11.1 Å². The number of carbonyl (C=O) groups is 1. The number of halogens is 1. The van der Waals surface area contributed by atoms with Gasteiger partial charge in [-0.05, 0) is 59.0 Å². The molecule has 3 aromatic rings. The number of hydrogen-bond acceptors (Lipinski definition) is 1. The van der Waals surface area contributed by atoms with Crippen molar-refractivity contribution in [2.24, 2.45) is 0 Å². The highest BCUT2D eigenvalue weighted by Gasteiger charge is 2.06. The fourth-order valence-electron chi connectivity index (χ4n) is 2.68. The molecule has 2 amide bonds. The first kappa shape index (κ1) is 18.0. The molecule has 0 saturated carbocycles. The Kier molecular flexibility index (Phi) is 5.59.